The molecule has 2 saturated carbocycles. The van der Waals surface area contributed by atoms with Gasteiger partial charge in [0.05, 0.1) is 6.10 Å². The van der Waals surface area contributed by atoms with Gasteiger partial charge in [0.2, 0.25) is 5.91 Å². The lowest BCUT2D eigenvalue weighted by molar-refractivity contribution is -0.127. The maximum atomic E-state index is 13.1. The first-order valence-electron chi connectivity index (χ1n) is 8.01. The van der Waals surface area contributed by atoms with Crippen LogP contribution in [0.2, 0.25) is 0 Å². The Balaban J connectivity index is 1.49. The van der Waals surface area contributed by atoms with Crippen LogP contribution in [0.1, 0.15) is 32.1 Å². The van der Waals surface area contributed by atoms with Crippen LogP contribution in [0.25, 0.3) is 0 Å². The van der Waals surface area contributed by atoms with E-state index in [1.807, 2.05) is 0 Å². The van der Waals surface area contributed by atoms with Gasteiger partial charge < -0.3 is 15.2 Å². The molecule has 22 heavy (non-hydrogen) atoms. The monoisotopic (exact) mass is 307 g/mol. The molecule has 0 spiro atoms. The van der Waals surface area contributed by atoms with Crippen LogP contribution in [0, 0.1) is 17.7 Å². The van der Waals surface area contributed by atoms with E-state index in [0.29, 0.717) is 18.7 Å². The van der Waals surface area contributed by atoms with Gasteiger partial charge in [-0.25, -0.2) is 4.39 Å². The Morgan fingerprint density at radius 2 is 2.14 bits per heavy atom. The van der Waals surface area contributed by atoms with Gasteiger partial charge in [0.15, 0.2) is 0 Å². The number of rotatable bonds is 5. The average molecular weight is 307 g/mol. The zero-order valence-corrected chi connectivity index (χ0v) is 12.5. The van der Waals surface area contributed by atoms with Crippen molar-refractivity contribution in [1.82, 2.24) is 5.32 Å². The summed E-state index contributed by atoms with van der Waals surface area (Å²) in [5.41, 5.74) is 0. The molecule has 2 N–H and O–H groups in total. The Morgan fingerprint density at radius 3 is 2.82 bits per heavy atom. The normalized spacial score (nSPS) is 28.2. The minimum Gasteiger partial charge on any atom is -0.488 e. The standard InChI is InChI=1S/C17H22FNO3/c18-13-5-2-6-14(9-13)22-15-8-7-12(16(15)20)10-19-17(21)11-3-1-4-11/h2,5-6,9,11-12,15-16,20H,1,3-4,7-8,10H2,(H,19,21)/t12-,15-,16-/m1/s1. The number of hydrogen-bond acceptors (Lipinski definition) is 3. The highest BCUT2D eigenvalue weighted by molar-refractivity contribution is 5.79. The van der Waals surface area contributed by atoms with Gasteiger partial charge in [-0.05, 0) is 37.8 Å². The molecule has 3 rings (SSSR count). The fourth-order valence-electron chi connectivity index (χ4n) is 3.14. The van der Waals surface area contributed by atoms with Crippen molar-refractivity contribution in [3.63, 3.8) is 0 Å². The highest BCUT2D eigenvalue weighted by Gasteiger charge is 2.37. The van der Waals surface area contributed by atoms with E-state index in [2.05, 4.69) is 5.32 Å². The molecule has 120 valence electrons. The molecule has 0 heterocycles. The number of benzene rings is 1. The van der Waals surface area contributed by atoms with Crippen molar-refractivity contribution in [2.24, 2.45) is 11.8 Å². The second-order valence-electron chi connectivity index (χ2n) is 6.31. The predicted molar refractivity (Wildman–Crippen MR) is 79.9 cm³/mol. The van der Waals surface area contributed by atoms with E-state index in [4.69, 9.17) is 4.74 Å². The fourth-order valence-corrected chi connectivity index (χ4v) is 3.14. The summed E-state index contributed by atoms with van der Waals surface area (Å²) in [4.78, 5) is 11.8. The molecule has 2 aliphatic carbocycles. The number of ether oxygens (including phenoxy) is 1. The average Bonchev–Trinajstić information content (AvgIpc) is 2.76. The van der Waals surface area contributed by atoms with Gasteiger partial charge in [-0.15, -0.1) is 0 Å². The minimum absolute atomic E-state index is 0.00239. The molecule has 0 aromatic heterocycles. The Morgan fingerprint density at radius 1 is 1.32 bits per heavy atom. The van der Waals surface area contributed by atoms with Crippen LogP contribution in [0.3, 0.4) is 0 Å². The summed E-state index contributed by atoms with van der Waals surface area (Å²) in [6.07, 6.45) is 3.62. The van der Waals surface area contributed by atoms with Crippen LogP contribution in [0.15, 0.2) is 24.3 Å². The molecule has 1 aromatic carbocycles. The summed E-state index contributed by atoms with van der Waals surface area (Å²) in [6.45, 7) is 0.486. The van der Waals surface area contributed by atoms with Gasteiger partial charge in [-0.2, -0.15) is 0 Å². The second kappa shape index (κ2) is 6.65. The van der Waals surface area contributed by atoms with Crippen molar-refractivity contribution in [3.8, 4) is 5.75 Å². The molecule has 3 atom stereocenters. The number of halogens is 1. The summed E-state index contributed by atoms with van der Waals surface area (Å²) in [5, 5.41) is 13.3. The molecule has 0 aliphatic heterocycles. The molecule has 0 saturated heterocycles. The molecule has 2 aliphatic rings. The molecular formula is C17H22FNO3. The van der Waals surface area contributed by atoms with E-state index in [1.165, 1.54) is 12.1 Å². The van der Waals surface area contributed by atoms with Crippen molar-refractivity contribution < 1.29 is 19.0 Å². The van der Waals surface area contributed by atoms with Crippen molar-refractivity contribution in [2.75, 3.05) is 6.54 Å². The molecule has 2 fully saturated rings. The largest absolute Gasteiger partial charge is 0.488 e. The van der Waals surface area contributed by atoms with Crippen LogP contribution in [-0.4, -0.2) is 29.8 Å². The van der Waals surface area contributed by atoms with Gasteiger partial charge in [-0.3, -0.25) is 4.79 Å². The molecule has 1 aromatic rings. The Hall–Kier alpha value is -1.62. The van der Waals surface area contributed by atoms with Gasteiger partial charge in [0, 0.05) is 24.4 Å². The van der Waals surface area contributed by atoms with E-state index >= 15 is 0 Å². The van der Waals surface area contributed by atoms with Crippen LogP contribution in [-0.2, 0) is 4.79 Å². The first kappa shape index (κ1) is 15.3. The zero-order valence-electron chi connectivity index (χ0n) is 12.5. The molecular weight excluding hydrogens is 285 g/mol. The maximum absolute atomic E-state index is 13.1. The summed E-state index contributed by atoms with van der Waals surface area (Å²) >= 11 is 0. The van der Waals surface area contributed by atoms with E-state index < -0.39 is 6.10 Å². The number of hydrogen-bond donors (Lipinski definition) is 2. The molecule has 5 heteroatoms. The summed E-state index contributed by atoms with van der Waals surface area (Å²) < 4.78 is 18.8. The van der Waals surface area contributed by atoms with Gasteiger partial charge in [-0.1, -0.05) is 12.5 Å². The van der Waals surface area contributed by atoms with E-state index in [0.717, 1.165) is 25.7 Å². The number of aliphatic hydroxyl groups excluding tert-OH is 1. The SMILES string of the molecule is O=C(NC[C@H]1CC[C@@H](Oc2cccc(F)c2)[C@@H]1O)C1CCC1. The lowest BCUT2D eigenvalue weighted by Crippen LogP contribution is -2.40. The minimum atomic E-state index is -0.634. The van der Waals surface area contributed by atoms with Gasteiger partial charge in [0.1, 0.15) is 17.7 Å². The maximum Gasteiger partial charge on any atom is 0.223 e. The molecule has 0 radical (unpaired) electrons. The Kier molecular flexibility index (Phi) is 4.62. The van der Waals surface area contributed by atoms with Crippen LogP contribution in [0.4, 0.5) is 4.39 Å². The number of nitrogens with one attached hydrogen (secondary N) is 1. The van der Waals surface area contributed by atoms with Crippen LogP contribution >= 0.6 is 0 Å². The first-order valence-corrected chi connectivity index (χ1v) is 8.01. The number of carbonyl (C=O) groups is 1. The molecule has 0 unspecified atom stereocenters. The van der Waals surface area contributed by atoms with Gasteiger partial charge in [0.25, 0.3) is 0 Å². The molecule has 1 amide bonds. The smallest absolute Gasteiger partial charge is 0.223 e. The summed E-state index contributed by atoms with van der Waals surface area (Å²) in [6, 6.07) is 5.94. The number of aliphatic hydroxyl groups is 1. The Bertz CT molecular complexity index is 532. The molecule has 4 nitrogen and oxygen atoms in total. The highest BCUT2D eigenvalue weighted by Crippen LogP contribution is 2.30. The Labute approximate surface area is 129 Å². The predicted octanol–water partition coefficient (Wildman–Crippen LogP) is 2.26. The number of amides is 1. The van der Waals surface area contributed by atoms with E-state index in [1.54, 1.807) is 12.1 Å². The van der Waals surface area contributed by atoms with E-state index in [9.17, 15) is 14.3 Å². The van der Waals surface area contributed by atoms with Crippen molar-refractivity contribution in [3.05, 3.63) is 30.1 Å². The lowest BCUT2D eigenvalue weighted by atomic mass is 9.84. The number of carbonyl (C=O) groups excluding carboxylic acids is 1. The van der Waals surface area contributed by atoms with E-state index in [-0.39, 0.29) is 29.7 Å². The highest BCUT2D eigenvalue weighted by atomic mass is 19.1. The lowest BCUT2D eigenvalue weighted by Gasteiger charge is -2.26. The fraction of sp³-hybridized carbons (Fsp3) is 0.588. The quantitative estimate of drug-likeness (QED) is 0.877. The molecule has 0 bridgehead atoms. The summed E-state index contributed by atoms with van der Waals surface area (Å²) in [5.74, 6) is 0.353. The van der Waals surface area contributed by atoms with Crippen LogP contribution < -0.4 is 10.1 Å². The third-order valence-electron chi connectivity index (χ3n) is 4.78. The van der Waals surface area contributed by atoms with Crippen LogP contribution in [0.5, 0.6) is 5.75 Å². The van der Waals surface area contributed by atoms with Crippen molar-refractivity contribution in [1.29, 1.82) is 0 Å². The summed E-state index contributed by atoms with van der Waals surface area (Å²) in [7, 11) is 0. The topological polar surface area (TPSA) is 58.6 Å². The third-order valence-corrected chi connectivity index (χ3v) is 4.78. The van der Waals surface area contributed by atoms with Gasteiger partial charge >= 0.3 is 0 Å². The zero-order chi connectivity index (χ0) is 15.5. The second-order valence-corrected chi connectivity index (χ2v) is 6.31. The first-order chi connectivity index (χ1) is 10.6. The third kappa shape index (κ3) is 3.40. The van der Waals surface area contributed by atoms with Crippen molar-refractivity contribution >= 4 is 5.91 Å². The van der Waals surface area contributed by atoms with Crippen molar-refractivity contribution in [2.45, 2.75) is 44.3 Å².